The molecule has 5 atom stereocenters. The van der Waals surface area contributed by atoms with E-state index in [9.17, 15) is 9.59 Å². The van der Waals surface area contributed by atoms with Gasteiger partial charge in [0.25, 0.3) is 5.91 Å². The second-order valence-electron chi connectivity index (χ2n) is 5.27. The van der Waals surface area contributed by atoms with Gasteiger partial charge in [-0.2, -0.15) is 0 Å². The lowest BCUT2D eigenvalue weighted by atomic mass is 9.84. The van der Waals surface area contributed by atoms with Crippen molar-refractivity contribution in [2.24, 2.45) is 23.5 Å². The number of carbonyl (C=O) groups is 2. The molecule has 3 aliphatic rings. The molecule has 0 radical (unpaired) electrons. The van der Waals surface area contributed by atoms with Gasteiger partial charge in [0.15, 0.2) is 0 Å². The van der Waals surface area contributed by atoms with Crippen molar-refractivity contribution in [1.82, 2.24) is 10.8 Å². The molecule has 3 rings (SSSR count). The van der Waals surface area contributed by atoms with Gasteiger partial charge in [0, 0.05) is 6.04 Å². The summed E-state index contributed by atoms with van der Waals surface area (Å²) in [6.07, 6.45) is 3.29. The summed E-state index contributed by atoms with van der Waals surface area (Å²) in [7, 11) is 0. The molecule has 2 aliphatic carbocycles. The summed E-state index contributed by atoms with van der Waals surface area (Å²) in [5.41, 5.74) is 8.31. The van der Waals surface area contributed by atoms with E-state index in [0.717, 1.165) is 19.3 Å². The van der Waals surface area contributed by atoms with Crippen molar-refractivity contribution in [2.45, 2.75) is 31.3 Å². The maximum Gasteiger partial charge on any atom is 0.268 e. The molecule has 6 heteroatoms. The van der Waals surface area contributed by atoms with Gasteiger partial charge >= 0.3 is 0 Å². The van der Waals surface area contributed by atoms with Crippen LogP contribution in [0.15, 0.2) is 0 Å². The minimum Gasteiger partial charge on any atom is -0.342 e. The number of hydrogen-bond donors (Lipinski definition) is 3. The van der Waals surface area contributed by atoms with Crippen molar-refractivity contribution in [1.29, 1.82) is 0 Å². The topological polar surface area (TPSA) is 93.5 Å². The third kappa shape index (κ3) is 1.71. The maximum absolute atomic E-state index is 12.1. The third-order valence-electron chi connectivity index (χ3n) is 4.34. The van der Waals surface area contributed by atoms with E-state index in [4.69, 9.17) is 10.6 Å². The molecule has 4 unspecified atom stereocenters. The van der Waals surface area contributed by atoms with Crippen molar-refractivity contribution >= 4 is 11.8 Å². The number of nitrogens with two attached hydrogens (primary N) is 1. The monoisotopic (exact) mass is 239 g/mol. The first-order valence-corrected chi connectivity index (χ1v) is 6.14. The average Bonchev–Trinajstić information content (AvgIpc) is 2.95. The van der Waals surface area contributed by atoms with Crippen molar-refractivity contribution < 1.29 is 14.4 Å². The van der Waals surface area contributed by atoms with Crippen LogP contribution < -0.4 is 16.5 Å². The van der Waals surface area contributed by atoms with Crippen LogP contribution in [0.4, 0.5) is 0 Å². The van der Waals surface area contributed by atoms with Crippen LogP contribution in [-0.4, -0.2) is 30.5 Å². The van der Waals surface area contributed by atoms with Crippen LogP contribution in [-0.2, 0) is 14.4 Å². The summed E-state index contributed by atoms with van der Waals surface area (Å²) in [6.45, 7) is 0.195. The summed E-state index contributed by atoms with van der Waals surface area (Å²) >= 11 is 0. The SMILES string of the molecule is NC1C2CCC(C2)C1C(=O)N[C@@H]1CONC1=O. The fourth-order valence-electron chi connectivity index (χ4n) is 3.44. The van der Waals surface area contributed by atoms with Gasteiger partial charge in [0.05, 0.1) is 5.92 Å². The Kier molecular flexibility index (Phi) is 2.56. The lowest BCUT2D eigenvalue weighted by molar-refractivity contribution is -0.131. The average molecular weight is 239 g/mol. The molecule has 0 aromatic carbocycles. The second-order valence-corrected chi connectivity index (χ2v) is 5.27. The minimum absolute atomic E-state index is 0.0425. The number of amides is 2. The van der Waals surface area contributed by atoms with E-state index in [1.807, 2.05) is 0 Å². The first kappa shape index (κ1) is 11.0. The summed E-state index contributed by atoms with van der Waals surface area (Å²) in [5.74, 6) is 0.400. The lowest BCUT2D eigenvalue weighted by Gasteiger charge is -2.27. The largest absolute Gasteiger partial charge is 0.342 e. The molecule has 1 aliphatic heterocycles. The third-order valence-corrected chi connectivity index (χ3v) is 4.34. The van der Waals surface area contributed by atoms with Gasteiger partial charge in [-0.1, -0.05) is 0 Å². The van der Waals surface area contributed by atoms with Crippen molar-refractivity contribution in [3.8, 4) is 0 Å². The molecule has 1 saturated heterocycles. The molecule has 6 nitrogen and oxygen atoms in total. The first-order chi connectivity index (χ1) is 8.16. The number of hydrogen-bond acceptors (Lipinski definition) is 4. The molecule has 0 spiro atoms. The highest BCUT2D eigenvalue weighted by Crippen LogP contribution is 2.47. The summed E-state index contributed by atoms with van der Waals surface area (Å²) in [4.78, 5) is 28.2. The summed E-state index contributed by atoms with van der Waals surface area (Å²) in [6, 6.07) is -0.604. The molecular weight excluding hydrogens is 222 g/mol. The molecule has 94 valence electrons. The first-order valence-electron chi connectivity index (χ1n) is 6.14. The van der Waals surface area contributed by atoms with Crippen molar-refractivity contribution in [2.75, 3.05) is 6.61 Å². The van der Waals surface area contributed by atoms with Gasteiger partial charge in [-0.15, -0.1) is 0 Å². The van der Waals surface area contributed by atoms with Crippen LogP contribution >= 0.6 is 0 Å². The van der Waals surface area contributed by atoms with E-state index in [2.05, 4.69) is 10.8 Å². The zero-order valence-corrected chi connectivity index (χ0v) is 9.52. The molecule has 2 bridgehead atoms. The molecule has 1 heterocycles. The Balaban J connectivity index is 1.64. The van der Waals surface area contributed by atoms with E-state index in [0.29, 0.717) is 11.8 Å². The predicted octanol–water partition coefficient (Wildman–Crippen LogP) is -1.09. The van der Waals surface area contributed by atoms with Crippen molar-refractivity contribution in [3.05, 3.63) is 0 Å². The van der Waals surface area contributed by atoms with Crippen LogP contribution in [0, 0.1) is 17.8 Å². The Morgan fingerprint density at radius 3 is 2.76 bits per heavy atom. The second kappa shape index (κ2) is 3.96. The van der Waals surface area contributed by atoms with Gasteiger partial charge in [-0.25, -0.2) is 5.48 Å². The zero-order chi connectivity index (χ0) is 12.0. The van der Waals surface area contributed by atoms with Gasteiger partial charge in [-0.05, 0) is 31.1 Å². The Morgan fingerprint density at radius 2 is 2.18 bits per heavy atom. The number of fused-ring (bicyclic) bond motifs is 2. The van der Waals surface area contributed by atoms with E-state index >= 15 is 0 Å². The smallest absolute Gasteiger partial charge is 0.268 e. The van der Waals surface area contributed by atoms with E-state index in [1.165, 1.54) is 0 Å². The quantitative estimate of drug-likeness (QED) is 0.570. The van der Waals surface area contributed by atoms with Gasteiger partial charge in [0.2, 0.25) is 5.91 Å². The van der Waals surface area contributed by atoms with Crippen LogP contribution in [0.1, 0.15) is 19.3 Å². The normalized spacial score (nSPS) is 43.8. The summed E-state index contributed by atoms with van der Waals surface area (Å²) in [5, 5.41) is 2.73. The fourth-order valence-corrected chi connectivity index (χ4v) is 3.44. The number of rotatable bonds is 2. The van der Waals surface area contributed by atoms with Gasteiger partial charge in [-0.3, -0.25) is 14.4 Å². The molecule has 2 saturated carbocycles. The fraction of sp³-hybridized carbons (Fsp3) is 0.818. The van der Waals surface area contributed by atoms with Crippen molar-refractivity contribution in [3.63, 3.8) is 0 Å². The molecule has 2 amide bonds. The molecular formula is C11H17N3O3. The molecule has 4 N–H and O–H groups in total. The highest BCUT2D eigenvalue weighted by Gasteiger charge is 2.49. The van der Waals surface area contributed by atoms with Gasteiger partial charge in [0.1, 0.15) is 12.6 Å². The Labute approximate surface area is 99.2 Å². The number of hydroxylamine groups is 1. The lowest BCUT2D eigenvalue weighted by Crippen LogP contribution is -2.50. The maximum atomic E-state index is 12.1. The van der Waals surface area contributed by atoms with Crippen LogP contribution in [0.3, 0.4) is 0 Å². The van der Waals surface area contributed by atoms with E-state index in [-0.39, 0.29) is 30.4 Å². The standard InChI is InChI=1S/C11H17N3O3/c12-9-6-2-1-5(3-6)8(9)11(16)13-7-4-17-14-10(7)15/h5-9H,1-4,12H2,(H,13,16)(H,14,15)/t5?,6?,7-,8?,9?/m1/s1. The molecule has 17 heavy (non-hydrogen) atoms. The predicted molar refractivity (Wildman–Crippen MR) is 58.3 cm³/mol. The van der Waals surface area contributed by atoms with Crippen LogP contribution in [0.2, 0.25) is 0 Å². The molecule has 0 aromatic rings. The highest BCUT2D eigenvalue weighted by atomic mass is 16.7. The number of nitrogens with one attached hydrogen (secondary N) is 2. The van der Waals surface area contributed by atoms with Crippen LogP contribution in [0.5, 0.6) is 0 Å². The molecule has 0 aromatic heterocycles. The van der Waals surface area contributed by atoms with Crippen LogP contribution in [0.25, 0.3) is 0 Å². The van der Waals surface area contributed by atoms with E-state index < -0.39 is 6.04 Å². The zero-order valence-electron chi connectivity index (χ0n) is 9.52. The Bertz CT molecular complexity index is 358. The Morgan fingerprint density at radius 1 is 1.41 bits per heavy atom. The minimum atomic E-state index is -0.561. The van der Waals surface area contributed by atoms with E-state index in [1.54, 1.807) is 0 Å². The van der Waals surface area contributed by atoms with Gasteiger partial charge < -0.3 is 11.1 Å². The summed E-state index contributed by atoms with van der Waals surface area (Å²) < 4.78 is 0. The molecule has 3 fully saturated rings. The highest BCUT2D eigenvalue weighted by molar-refractivity contribution is 5.89. The Hall–Kier alpha value is -1.14. The number of carbonyl (C=O) groups excluding carboxylic acids is 2.